The SMILES string of the molecule is CCC(CCN)N1CCCN(Cc2ccccn2)CC1. The van der Waals surface area contributed by atoms with Gasteiger partial charge in [0, 0.05) is 31.9 Å². The van der Waals surface area contributed by atoms with E-state index in [0.29, 0.717) is 6.04 Å². The normalized spacial score (nSPS) is 19.7. The van der Waals surface area contributed by atoms with Gasteiger partial charge >= 0.3 is 0 Å². The van der Waals surface area contributed by atoms with Gasteiger partial charge in [0.2, 0.25) is 0 Å². The van der Waals surface area contributed by atoms with Crippen LogP contribution in [-0.2, 0) is 6.54 Å². The summed E-state index contributed by atoms with van der Waals surface area (Å²) in [4.78, 5) is 9.59. The Balaban J connectivity index is 1.85. The molecule has 112 valence electrons. The number of aromatic nitrogens is 1. The minimum atomic E-state index is 0.662. The molecule has 2 heterocycles. The predicted octanol–water partition coefficient (Wildman–Crippen LogP) is 1.72. The van der Waals surface area contributed by atoms with Crippen LogP contribution in [0, 0.1) is 0 Å². The second-order valence-electron chi connectivity index (χ2n) is 5.63. The van der Waals surface area contributed by atoms with Crippen molar-refractivity contribution >= 4 is 0 Å². The summed E-state index contributed by atoms with van der Waals surface area (Å²) in [6, 6.07) is 6.83. The maximum atomic E-state index is 5.73. The molecule has 1 fully saturated rings. The van der Waals surface area contributed by atoms with Crippen molar-refractivity contribution in [2.45, 2.75) is 38.8 Å². The summed E-state index contributed by atoms with van der Waals surface area (Å²) in [7, 11) is 0. The van der Waals surface area contributed by atoms with E-state index in [1.165, 1.54) is 31.6 Å². The molecular formula is C16H28N4. The van der Waals surface area contributed by atoms with Crippen LogP contribution >= 0.6 is 0 Å². The third kappa shape index (κ3) is 4.54. The van der Waals surface area contributed by atoms with Gasteiger partial charge in [0.15, 0.2) is 0 Å². The lowest BCUT2D eigenvalue weighted by Crippen LogP contribution is -2.39. The topological polar surface area (TPSA) is 45.4 Å². The van der Waals surface area contributed by atoms with E-state index in [-0.39, 0.29) is 0 Å². The van der Waals surface area contributed by atoms with Gasteiger partial charge in [0.05, 0.1) is 5.69 Å². The Morgan fingerprint density at radius 3 is 2.85 bits per heavy atom. The minimum absolute atomic E-state index is 0.662. The molecule has 1 aromatic heterocycles. The smallest absolute Gasteiger partial charge is 0.0543 e. The Kier molecular flexibility index (Phi) is 6.43. The van der Waals surface area contributed by atoms with Crippen molar-refractivity contribution in [2.24, 2.45) is 5.73 Å². The first-order valence-electron chi connectivity index (χ1n) is 7.90. The van der Waals surface area contributed by atoms with Gasteiger partial charge in [0.1, 0.15) is 0 Å². The minimum Gasteiger partial charge on any atom is -0.330 e. The zero-order chi connectivity index (χ0) is 14.2. The molecule has 2 N–H and O–H groups in total. The van der Waals surface area contributed by atoms with Crippen molar-refractivity contribution in [3.05, 3.63) is 30.1 Å². The third-order valence-electron chi connectivity index (χ3n) is 4.22. The number of nitrogens with zero attached hydrogens (tertiary/aromatic N) is 3. The van der Waals surface area contributed by atoms with Crippen LogP contribution in [-0.4, -0.2) is 53.5 Å². The van der Waals surface area contributed by atoms with Crippen molar-refractivity contribution < 1.29 is 0 Å². The molecule has 0 aromatic carbocycles. The van der Waals surface area contributed by atoms with E-state index in [1.807, 2.05) is 12.3 Å². The van der Waals surface area contributed by atoms with E-state index in [0.717, 1.165) is 32.6 Å². The van der Waals surface area contributed by atoms with E-state index in [1.54, 1.807) is 0 Å². The van der Waals surface area contributed by atoms with Crippen molar-refractivity contribution in [2.75, 3.05) is 32.7 Å². The van der Waals surface area contributed by atoms with Gasteiger partial charge in [0.25, 0.3) is 0 Å². The maximum Gasteiger partial charge on any atom is 0.0543 e. The molecule has 1 aliphatic rings. The fraction of sp³-hybridized carbons (Fsp3) is 0.688. The Morgan fingerprint density at radius 2 is 2.15 bits per heavy atom. The van der Waals surface area contributed by atoms with Gasteiger partial charge in [-0.25, -0.2) is 0 Å². The van der Waals surface area contributed by atoms with E-state index in [4.69, 9.17) is 5.73 Å². The quantitative estimate of drug-likeness (QED) is 0.859. The van der Waals surface area contributed by atoms with Gasteiger partial charge in [-0.3, -0.25) is 14.8 Å². The molecule has 0 bridgehead atoms. The van der Waals surface area contributed by atoms with E-state index < -0.39 is 0 Å². The molecule has 2 rings (SSSR count). The maximum absolute atomic E-state index is 5.73. The average Bonchev–Trinajstić information content (AvgIpc) is 2.71. The number of pyridine rings is 1. The van der Waals surface area contributed by atoms with Crippen LogP contribution in [0.3, 0.4) is 0 Å². The van der Waals surface area contributed by atoms with Crippen LogP contribution < -0.4 is 5.73 Å². The summed E-state index contributed by atoms with van der Waals surface area (Å²) in [6.45, 7) is 8.72. The predicted molar refractivity (Wildman–Crippen MR) is 83.5 cm³/mol. The fourth-order valence-corrected chi connectivity index (χ4v) is 3.07. The largest absolute Gasteiger partial charge is 0.330 e. The van der Waals surface area contributed by atoms with Crippen LogP contribution in [0.1, 0.15) is 31.9 Å². The van der Waals surface area contributed by atoms with Gasteiger partial charge in [-0.1, -0.05) is 13.0 Å². The second kappa shape index (κ2) is 8.35. The molecule has 4 heteroatoms. The second-order valence-corrected chi connectivity index (χ2v) is 5.63. The highest BCUT2D eigenvalue weighted by Crippen LogP contribution is 2.13. The number of nitrogens with two attached hydrogens (primary N) is 1. The van der Waals surface area contributed by atoms with Gasteiger partial charge in [-0.15, -0.1) is 0 Å². The van der Waals surface area contributed by atoms with Gasteiger partial charge < -0.3 is 5.73 Å². The molecule has 4 nitrogen and oxygen atoms in total. The first-order valence-corrected chi connectivity index (χ1v) is 7.90. The highest BCUT2D eigenvalue weighted by Gasteiger charge is 2.20. The average molecular weight is 276 g/mol. The lowest BCUT2D eigenvalue weighted by atomic mass is 10.1. The zero-order valence-electron chi connectivity index (χ0n) is 12.7. The highest BCUT2D eigenvalue weighted by molar-refractivity contribution is 5.03. The standard InChI is InChI=1S/C16H28N4/c1-2-16(7-8-17)20-11-5-10-19(12-13-20)14-15-6-3-4-9-18-15/h3-4,6,9,16H,2,5,7-8,10-14,17H2,1H3. The molecule has 1 aliphatic heterocycles. The molecule has 0 radical (unpaired) electrons. The van der Waals surface area contributed by atoms with Crippen LogP contribution in [0.15, 0.2) is 24.4 Å². The van der Waals surface area contributed by atoms with E-state index in [9.17, 15) is 0 Å². The van der Waals surface area contributed by atoms with Crippen molar-refractivity contribution in [3.8, 4) is 0 Å². The molecule has 0 amide bonds. The van der Waals surface area contributed by atoms with Crippen LogP contribution in [0.2, 0.25) is 0 Å². The summed E-state index contributed by atoms with van der Waals surface area (Å²) in [5.74, 6) is 0. The molecule has 0 saturated carbocycles. The first-order chi connectivity index (χ1) is 9.83. The van der Waals surface area contributed by atoms with Crippen molar-refractivity contribution in [3.63, 3.8) is 0 Å². The summed E-state index contributed by atoms with van der Waals surface area (Å²) >= 11 is 0. The lowest BCUT2D eigenvalue weighted by molar-refractivity contribution is 0.184. The van der Waals surface area contributed by atoms with E-state index in [2.05, 4.69) is 33.8 Å². The number of rotatable bonds is 6. The molecule has 1 atom stereocenters. The van der Waals surface area contributed by atoms with Crippen molar-refractivity contribution in [1.82, 2.24) is 14.8 Å². The molecule has 1 aromatic rings. The lowest BCUT2D eigenvalue weighted by Gasteiger charge is -2.29. The summed E-state index contributed by atoms with van der Waals surface area (Å²) in [6.07, 6.45) is 5.45. The Morgan fingerprint density at radius 1 is 1.25 bits per heavy atom. The van der Waals surface area contributed by atoms with Crippen LogP contribution in [0.25, 0.3) is 0 Å². The van der Waals surface area contributed by atoms with Gasteiger partial charge in [-0.05, 0) is 51.0 Å². The molecule has 0 spiro atoms. The first kappa shape index (κ1) is 15.4. The molecule has 1 saturated heterocycles. The van der Waals surface area contributed by atoms with Crippen LogP contribution in [0.5, 0.6) is 0 Å². The monoisotopic (exact) mass is 276 g/mol. The molecule has 20 heavy (non-hydrogen) atoms. The third-order valence-corrected chi connectivity index (χ3v) is 4.22. The molecular weight excluding hydrogens is 248 g/mol. The fourth-order valence-electron chi connectivity index (χ4n) is 3.07. The summed E-state index contributed by atoms with van der Waals surface area (Å²) in [5.41, 5.74) is 6.91. The highest BCUT2D eigenvalue weighted by atomic mass is 15.2. The summed E-state index contributed by atoms with van der Waals surface area (Å²) in [5, 5.41) is 0. The zero-order valence-corrected chi connectivity index (χ0v) is 12.7. The van der Waals surface area contributed by atoms with Gasteiger partial charge in [-0.2, -0.15) is 0 Å². The number of hydrogen-bond donors (Lipinski definition) is 1. The molecule has 1 unspecified atom stereocenters. The van der Waals surface area contributed by atoms with Crippen LogP contribution in [0.4, 0.5) is 0 Å². The summed E-state index contributed by atoms with van der Waals surface area (Å²) < 4.78 is 0. The Bertz CT molecular complexity index is 368. The van der Waals surface area contributed by atoms with E-state index >= 15 is 0 Å². The Hall–Kier alpha value is -0.970. The number of hydrogen-bond acceptors (Lipinski definition) is 4. The molecule has 0 aliphatic carbocycles. The Labute approximate surface area is 123 Å². The van der Waals surface area contributed by atoms with Crippen molar-refractivity contribution in [1.29, 1.82) is 0 Å².